The molecule has 0 amide bonds. The van der Waals surface area contributed by atoms with Crippen LogP contribution >= 0.6 is 11.6 Å². The summed E-state index contributed by atoms with van der Waals surface area (Å²) in [4.78, 5) is 4.49. The van der Waals surface area contributed by atoms with Crippen LogP contribution in [0.5, 0.6) is 0 Å². The van der Waals surface area contributed by atoms with Crippen LogP contribution < -0.4 is 0 Å². The Bertz CT molecular complexity index is 718. The summed E-state index contributed by atoms with van der Waals surface area (Å²) in [6.45, 7) is 0. The summed E-state index contributed by atoms with van der Waals surface area (Å²) in [5, 5.41) is 0. The average Bonchev–Trinajstić information content (AvgIpc) is 2.96. The second kappa shape index (κ2) is 6.77. The third-order valence-corrected chi connectivity index (χ3v) is 4.05. The Morgan fingerprint density at radius 1 is 0.905 bits per heavy atom. The molecule has 3 aromatic rings. The fourth-order valence-corrected chi connectivity index (χ4v) is 2.88. The minimum absolute atomic E-state index is 0.758. The maximum absolute atomic E-state index is 5.75. The molecule has 108 valence electrons. The maximum Gasteiger partial charge on any atom is 0.100 e. The zero-order valence-electron chi connectivity index (χ0n) is 12.0. The van der Waals surface area contributed by atoms with Crippen LogP contribution in [-0.4, -0.2) is 15.4 Å². The van der Waals surface area contributed by atoms with Gasteiger partial charge in [-0.15, -0.1) is 11.6 Å². The van der Waals surface area contributed by atoms with Crippen molar-refractivity contribution in [3.05, 3.63) is 60.4 Å². The van der Waals surface area contributed by atoms with Crippen LogP contribution in [-0.2, 0) is 6.42 Å². The van der Waals surface area contributed by atoms with Crippen molar-refractivity contribution in [2.75, 3.05) is 5.88 Å². The first-order valence-electron chi connectivity index (χ1n) is 7.46. The summed E-state index contributed by atoms with van der Waals surface area (Å²) >= 11 is 5.75. The first-order chi connectivity index (χ1) is 10.4. The third kappa shape index (κ3) is 3.11. The molecule has 0 aliphatic rings. The van der Waals surface area contributed by atoms with E-state index in [0.717, 1.165) is 29.8 Å². The number of imidazole rings is 1. The molecular formula is C18H19ClN2. The van der Waals surface area contributed by atoms with E-state index in [0.29, 0.717) is 0 Å². The molecule has 3 rings (SSSR count). The highest BCUT2D eigenvalue weighted by Crippen LogP contribution is 2.22. The topological polar surface area (TPSA) is 17.8 Å². The lowest BCUT2D eigenvalue weighted by molar-refractivity contribution is 0.718. The third-order valence-electron chi connectivity index (χ3n) is 3.78. The minimum atomic E-state index is 0.758. The summed E-state index contributed by atoms with van der Waals surface area (Å²) in [6.07, 6.45) is 6.46. The Hall–Kier alpha value is -1.80. The van der Waals surface area contributed by atoms with Gasteiger partial charge in [0.05, 0.1) is 16.7 Å². The molecule has 2 aromatic carbocycles. The smallest absolute Gasteiger partial charge is 0.100 e. The van der Waals surface area contributed by atoms with E-state index in [2.05, 4.69) is 52.0 Å². The second-order valence-corrected chi connectivity index (χ2v) is 5.61. The summed E-state index contributed by atoms with van der Waals surface area (Å²) < 4.78 is 2.19. The van der Waals surface area contributed by atoms with Crippen LogP contribution in [0.3, 0.4) is 0 Å². The van der Waals surface area contributed by atoms with Crippen molar-refractivity contribution >= 4 is 22.6 Å². The predicted octanol–water partition coefficient (Wildman–Crippen LogP) is 4.98. The molecule has 21 heavy (non-hydrogen) atoms. The van der Waals surface area contributed by atoms with Crippen molar-refractivity contribution in [1.29, 1.82) is 0 Å². The highest BCUT2D eigenvalue weighted by atomic mass is 35.5. The van der Waals surface area contributed by atoms with Gasteiger partial charge < -0.3 is 0 Å². The predicted molar refractivity (Wildman–Crippen MR) is 89.3 cm³/mol. The number of halogens is 1. The van der Waals surface area contributed by atoms with Gasteiger partial charge in [0.25, 0.3) is 0 Å². The maximum atomic E-state index is 5.75. The molecule has 0 fully saturated rings. The molecule has 0 radical (unpaired) electrons. The van der Waals surface area contributed by atoms with Crippen molar-refractivity contribution in [3.63, 3.8) is 0 Å². The Kier molecular flexibility index (Phi) is 4.56. The SMILES string of the molecule is ClCCCCCc1ccccc1-n1cnc2ccccc21. The van der Waals surface area contributed by atoms with Gasteiger partial charge in [0.1, 0.15) is 6.33 Å². The summed E-state index contributed by atoms with van der Waals surface area (Å²) in [5.74, 6) is 0.758. The molecule has 2 nitrogen and oxygen atoms in total. The van der Waals surface area contributed by atoms with Crippen LogP contribution in [0, 0.1) is 0 Å². The van der Waals surface area contributed by atoms with E-state index in [9.17, 15) is 0 Å². The first kappa shape index (κ1) is 14.2. The minimum Gasteiger partial charge on any atom is -0.299 e. The molecule has 0 saturated heterocycles. The number of aromatic nitrogens is 2. The molecule has 0 aliphatic heterocycles. The number of benzene rings is 2. The van der Waals surface area contributed by atoms with Crippen molar-refractivity contribution in [2.45, 2.75) is 25.7 Å². The second-order valence-electron chi connectivity index (χ2n) is 5.23. The van der Waals surface area contributed by atoms with Crippen molar-refractivity contribution in [2.24, 2.45) is 0 Å². The van der Waals surface area contributed by atoms with E-state index in [1.807, 2.05) is 12.4 Å². The van der Waals surface area contributed by atoms with E-state index in [1.165, 1.54) is 24.1 Å². The number of alkyl halides is 1. The van der Waals surface area contributed by atoms with Gasteiger partial charge in [0, 0.05) is 5.88 Å². The summed E-state index contributed by atoms with van der Waals surface area (Å²) in [7, 11) is 0. The standard InChI is InChI=1S/C18H19ClN2/c19-13-7-1-2-8-15-9-3-5-11-17(15)21-14-20-16-10-4-6-12-18(16)21/h3-6,9-12,14H,1-2,7-8,13H2. The molecule has 3 heteroatoms. The highest BCUT2D eigenvalue weighted by molar-refractivity contribution is 6.17. The van der Waals surface area contributed by atoms with Crippen LogP contribution in [0.4, 0.5) is 0 Å². The normalized spacial score (nSPS) is 11.1. The Labute approximate surface area is 130 Å². The number of para-hydroxylation sites is 3. The van der Waals surface area contributed by atoms with Gasteiger partial charge >= 0.3 is 0 Å². The van der Waals surface area contributed by atoms with Crippen molar-refractivity contribution in [1.82, 2.24) is 9.55 Å². The van der Waals surface area contributed by atoms with E-state index in [1.54, 1.807) is 0 Å². The number of hydrogen-bond acceptors (Lipinski definition) is 1. The van der Waals surface area contributed by atoms with Gasteiger partial charge in [-0.1, -0.05) is 36.8 Å². The number of nitrogens with zero attached hydrogens (tertiary/aromatic N) is 2. The average molecular weight is 299 g/mol. The Morgan fingerprint density at radius 3 is 2.62 bits per heavy atom. The number of hydrogen-bond donors (Lipinski definition) is 0. The van der Waals surface area contributed by atoms with Crippen LogP contribution in [0.2, 0.25) is 0 Å². The number of aryl methyl sites for hydroxylation is 1. The zero-order valence-corrected chi connectivity index (χ0v) is 12.8. The summed E-state index contributed by atoms with van der Waals surface area (Å²) in [6, 6.07) is 16.8. The molecule has 0 saturated carbocycles. The van der Waals surface area contributed by atoms with E-state index < -0.39 is 0 Å². The van der Waals surface area contributed by atoms with Crippen molar-refractivity contribution < 1.29 is 0 Å². The fraction of sp³-hybridized carbons (Fsp3) is 0.278. The Morgan fingerprint density at radius 2 is 1.71 bits per heavy atom. The van der Waals surface area contributed by atoms with Gasteiger partial charge in [-0.05, 0) is 43.0 Å². The number of unbranched alkanes of at least 4 members (excludes halogenated alkanes) is 2. The number of rotatable bonds is 6. The molecular weight excluding hydrogens is 280 g/mol. The van der Waals surface area contributed by atoms with Crippen molar-refractivity contribution in [3.8, 4) is 5.69 Å². The van der Waals surface area contributed by atoms with Gasteiger partial charge in [0.2, 0.25) is 0 Å². The molecule has 1 heterocycles. The largest absolute Gasteiger partial charge is 0.299 e. The fourth-order valence-electron chi connectivity index (χ4n) is 2.70. The molecule has 0 spiro atoms. The Balaban J connectivity index is 1.91. The van der Waals surface area contributed by atoms with Crippen LogP contribution in [0.15, 0.2) is 54.9 Å². The van der Waals surface area contributed by atoms with E-state index in [4.69, 9.17) is 11.6 Å². The lowest BCUT2D eigenvalue weighted by atomic mass is 10.0. The molecule has 0 aliphatic carbocycles. The molecule has 0 N–H and O–H groups in total. The molecule has 0 atom stereocenters. The molecule has 0 bridgehead atoms. The lowest BCUT2D eigenvalue weighted by Gasteiger charge is -2.11. The van der Waals surface area contributed by atoms with Crippen LogP contribution in [0.25, 0.3) is 16.7 Å². The van der Waals surface area contributed by atoms with Gasteiger partial charge in [-0.2, -0.15) is 0 Å². The monoisotopic (exact) mass is 298 g/mol. The highest BCUT2D eigenvalue weighted by Gasteiger charge is 2.07. The van der Waals surface area contributed by atoms with Gasteiger partial charge in [-0.25, -0.2) is 4.98 Å². The van der Waals surface area contributed by atoms with Gasteiger partial charge in [0.15, 0.2) is 0 Å². The summed E-state index contributed by atoms with van der Waals surface area (Å²) in [5.41, 5.74) is 4.80. The van der Waals surface area contributed by atoms with Crippen LogP contribution in [0.1, 0.15) is 24.8 Å². The number of fused-ring (bicyclic) bond motifs is 1. The van der Waals surface area contributed by atoms with E-state index >= 15 is 0 Å². The van der Waals surface area contributed by atoms with Gasteiger partial charge in [-0.3, -0.25) is 4.57 Å². The first-order valence-corrected chi connectivity index (χ1v) is 8.00. The van der Waals surface area contributed by atoms with E-state index in [-0.39, 0.29) is 0 Å². The lowest BCUT2D eigenvalue weighted by Crippen LogP contribution is -1.98. The molecule has 1 aromatic heterocycles. The molecule has 0 unspecified atom stereocenters. The quantitative estimate of drug-likeness (QED) is 0.464. The zero-order chi connectivity index (χ0) is 14.5.